The van der Waals surface area contributed by atoms with Gasteiger partial charge >= 0.3 is 0 Å². The van der Waals surface area contributed by atoms with Crippen LogP contribution in [0.1, 0.15) is 44.6 Å². The van der Waals surface area contributed by atoms with E-state index in [0.29, 0.717) is 12.1 Å². The highest BCUT2D eigenvalue weighted by Crippen LogP contribution is 2.38. The zero-order valence-electron chi connectivity index (χ0n) is 14.9. The molecule has 3 amide bonds. The maximum absolute atomic E-state index is 13.5. The molecule has 0 spiro atoms. The molecule has 26 heavy (non-hydrogen) atoms. The van der Waals surface area contributed by atoms with Crippen LogP contribution in [-0.4, -0.2) is 35.2 Å². The molecule has 138 valence electrons. The Balaban J connectivity index is 1.57. The molecule has 5 nitrogen and oxygen atoms in total. The van der Waals surface area contributed by atoms with Gasteiger partial charge in [0.1, 0.15) is 12.4 Å². The van der Waals surface area contributed by atoms with E-state index in [2.05, 4.69) is 0 Å². The molecule has 2 fully saturated rings. The molecule has 2 heterocycles. The zero-order valence-corrected chi connectivity index (χ0v) is 14.9. The van der Waals surface area contributed by atoms with E-state index in [-0.39, 0.29) is 48.0 Å². The van der Waals surface area contributed by atoms with Crippen LogP contribution in [0.4, 0.5) is 10.1 Å². The van der Waals surface area contributed by atoms with E-state index >= 15 is 0 Å². The molecule has 0 unspecified atom stereocenters. The lowest BCUT2D eigenvalue weighted by molar-refractivity contribution is -0.143. The van der Waals surface area contributed by atoms with Gasteiger partial charge in [0.15, 0.2) is 0 Å². The Kier molecular flexibility index (Phi) is 4.29. The normalized spacial score (nSPS) is 28.2. The van der Waals surface area contributed by atoms with Crippen molar-refractivity contribution < 1.29 is 18.8 Å². The van der Waals surface area contributed by atoms with Gasteiger partial charge in [0.05, 0.1) is 11.8 Å². The first-order chi connectivity index (χ1) is 12.5. The molecule has 0 radical (unpaired) electrons. The standard InChI is InChI=1S/C20H23FN2O3/c1-12-6-7-13-10-14(21)8-9-17(13)23(12)18(24)11-22-19(25)15-4-2-3-5-16(15)20(22)26/h8-10,12,15-16H,2-7,11H2,1H3/t12-,15+,16+/m1/s1. The number of rotatable bonds is 2. The summed E-state index contributed by atoms with van der Waals surface area (Å²) < 4.78 is 13.5. The Labute approximate surface area is 152 Å². The number of aryl methyl sites for hydroxylation is 1. The number of anilines is 1. The fourth-order valence-corrected chi connectivity index (χ4v) is 4.70. The van der Waals surface area contributed by atoms with Gasteiger partial charge in [-0.15, -0.1) is 0 Å². The van der Waals surface area contributed by atoms with Crippen molar-refractivity contribution in [3.05, 3.63) is 29.6 Å². The first kappa shape index (κ1) is 17.2. The molecule has 0 N–H and O–H groups in total. The highest BCUT2D eigenvalue weighted by Gasteiger charge is 2.49. The lowest BCUT2D eigenvalue weighted by atomic mass is 9.81. The van der Waals surface area contributed by atoms with Crippen molar-refractivity contribution in [3.8, 4) is 0 Å². The highest BCUT2D eigenvalue weighted by molar-refractivity contribution is 6.09. The van der Waals surface area contributed by atoms with Crippen LogP contribution in [0.15, 0.2) is 18.2 Å². The third kappa shape index (κ3) is 2.72. The molecule has 6 heteroatoms. The quantitative estimate of drug-likeness (QED) is 0.764. The van der Waals surface area contributed by atoms with Crippen LogP contribution in [0.3, 0.4) is 0 Å². The number of carbonyl (C=O) groups excluding carboxylic acids is 3. The number of halogens is 1. The van der Waals surface area contributed by atoms with Crippen LogP contribution in [-0.2, 0) is 20.8 Å². The van der Waals surface area contributed by atoms with Crippen molar-refractivity contribution in [1.82, 2.24) is 4.90 Å². The minimum atomic E-state index is -0.320. The number of amides is 3. The van der Waals surface area contributed by atoms with E-state index in [0.717, 1.165) is 42.6 Å². The molecular formula is C20H23FN2O3. The Bertz CT molecular complexity index is 754. The summed E-state index contributed by atoms with van der Waals surface area (Å²) in [5.74, 6) is -1.48. The van der Waals surface area contributed by atoms with Crippen LogP contribution >= 0.6 is 0 Å². The van der Waals surface area contributed by atoms with Crippen molar-refractivity contribution in [2.24, 2.45) is 11.8 Å². The van der Waals surface area contributed by atoms with Crippen molar-refractivity contribution in [1.29, 1.82) is 0 Å². The number of likely N-dealkylation sites (tertiary alicyclic amines) is 1. The summed E-state index contributed by atoms with van der Waals surface area (Å²) in [6.07, 6.45) is 4.84. The van der Waals surface area contributed by atoms with Crippen molar-refractivity contribution in [2.45, 2.75) is 51.5 Å². The van der Waals surface area contributed by atoms with Crippen molar-refractivity contribution in [2.75, 3.05) is 11.4 Å². The van der Waals surface area contributed by atoms with Crippen LogP contribution in [0.5, 0.6) is 0 Å². The topological polar surface area (TPSA) is 57.7 Å². The van der Waals surface area contributed by atoms with Crippen LogP contribution in [0.25, 0.3) is 0 Å². The number of fused-ring (bicyclic) bond motifs is 2. The van der Waals surface area contributed by atoms with Gasteiger partial charge in [-0.05, 0) is 56.4 Å². The number of carbonyl (C=O) groups is 3. The average molecular weight is 358 g/mol. The highest BCUT2D eigenvalue weighted by atomic mass is 19.1. The largest absolute Gasteiger partial charge is 0.308 e. The first-order valence-electron chi connectivity index (χ1n) is 9.43. The van der Waals surface area contributed by atoms with Gasteiger partial charge in [-0.2, -0.15) is 0 Å². The second-order valence-corrected chi connectivity index (χ2v) is 7.68. The molecule has 1 saturated heterocycles. The Hall–Kier alpha value is -2.24. The van der Waals surface area contributed by atoms with E-state index < -0.39 is 0 Å². The molecule has 3 aliphatic rings. The van der Waals surface area contributed by atoms with E-state index in [1.165, 1.54) is 12.1 Å². The fourth-order valence-electron chi connectivity index (χ4n) is 4.70. The molecular weight excluding hydrogens is 335 g/mol. The summed E-state index contributed by atoms with van der Waals surface area (Å²) in [5, 5.41) is 0. The molecule has 4 rings (SSSR count). The minimum absolute atomic E-state index is 0.0458. The van der Waals surface area contributed by atoms with E-state index in [4.69, 9.17) is 0 Å². The molecule has 1 aliphatic carbocycles. The molecule has 0 bridgehead atoms. The van der Waals surface area contributed by atoms with Gasteiger partial charge in [-0.3, -0.25) is 19.3 Å². The minimum Gasteiger partial charge on any atom is -0.308 e. The summed E-state index contributed by atoms with van der Waals surface area (Å²) in [7, 11) is 0. The van der Waals surface area contributed by atoms with E-state index in [1.807, 2.05) is 6.92 Å². The smallest absolute Gasteiger partial charge is 0.247 e. The summed E-state index contributed by atoms with van der Waals surface area (Å²) in [4.78, 5) is 41.0. The third-order valence-corrected chi connectivity index (χ3v) is 6.07. The summed E-state index contributed by atoms with van der Waals surface area (Å²) in [6, 6.07) is 4.38. The Morgan fingerprint density at radius 3 is 2.42 bits per heavy atom. The Morgan fingerprint density at radius 2 is 1.77 bits per heavy atom. The fraction of sp³-hybridized carbons (Fsp3) is 0.550. The van der Waals surface area contributed by atoms with Crippen molar-refractivity contribution in [3.63, 3.8) is 0 Å². The third-order valence-electron chi connectivity index (χ3n) is 6.07. The maximum atomic E-state index is 13.5. The van der Waals surface area contributed by atoms with Crippen molar-refractivity contribution >= 4 is 23.4 Å². The molecule has 0 aromatic heterocycles. The summed E-state index contributed by atoms with van der Waals surface area (Å²) in [6.45, 7) is 1.73. The number of imide groups is 1. The van der Waals surface area contributed by atoms with E-state index in [1.54, 1.807) is 11.0 Å². The molecule has 1 aromatic rings. The predicted molar refractivity (Wildman–Crippen MR) is 93.8 cm³/mol. The lowest BCUT2D eigenvalue weighted by Crippen LogP contribution is -2.48. The van der Waals surface area contributed by atoms with Crippen LogP contribution in [0.2, 0.25) is 0 Å². The SMILES string of the molecule is C[C@@H]1CCc2cc(F)ccc2N1C(=O)CN1C(=O)[C@H]2CCCC[C@@H]2C1=O. The molecule has 3 atom stereocenters. The van der Waals surface area contributed by atoms with E-state index in [9.17, 15) is 18.8 Å². The number of hydrogen-bond donors (Lipinski definition) is 0. The van der Waals surface area contributed by atoms with Gasteiger partial charge in [0, 0.05) is 11.7 Å². The van der Waals surface area contributed by atoms with Gasteiger partial charge in [-0.1, -0.05) is 12.8 Å². The molecule has 1 saturated carbocycles. The average Bonchev–Trinajstić information content (AvgIpc) is 2.87. The van der Waals surface area contributed by atoms with Crippen LogP contribution < -0.4 is 4.90 Å². The van der Waals surface area contributed by atoms with Gasteiger partial charge in [-0.25, -0.2) is 4.39 Å². The number of nitrogens with zero attached hydrogens (tertiary/aromatic N) is 2. The Morgan fingerprint density at radius 1 is 1.12 bits per heavy atom. The lowest BCUT2D eigenvalue weighted by Gasteiger charge is -2.36. The first-order valence-corrected chi connectivity index (χ1v) is 9.43. The van der Waals surface area contributed by atoms with Gasteiger partial charge < -0.3 is 4.90 Å². The maximum Gasteiger partial charge on any atom is 0.247 e. The number of hydrogen-bond acceptors (Lipinski definition) is 3. The molecule has 1 aromatic carbocycles. The predicted octanol–water partition coefficient (Wildman–Crippen LogP) is 2.67. The second kappa shape index (κ2) is 6.49. The summed E-state index contributed by atoms with van der Waals surface area (Å²) in [5.41, 5.74) is 1.48. The molecule has 2 aliphatic heterocycles. The van der Waals surface area contributed by atoms with Crippen LogP contribution in [0, 0.1) is 17.7 Å². The van der Waals surface area contributed by atoms with Gasteiger partial charge in [0.2, 0.25) is 17.7 Å². The zero-order chi connectivity index (χ0) is 18.4. The number of benzene rings is 1. The summed E-state index contributed by atoms with van der Waals surface area (Å²) >= 11 is 0. The monoisotopic (exact) mass is 358 g/mol. The second-order valence-electron chi connectivity index (χ2n) is 7.68. The van der Waals surface area contributed by atoms with Gasteiger partial charge in [0.25, 0.3) is 0 Å².